The molecule has 1 aromatic rings. The Balaban J connectivity index is 2.37. The van der Waals surface area contributed by atoms with E-state index in [9.17, 15) is 14.9 Å². The summed E-state index contributed by atoms with van der Waals surface area (Å²) in [4.78, 5) is 25.5. The molecular weight excluding hydrogens is 314 g/mol. The van der Waals surface area contributed by atoms with E-state index in [4.69, 9.17) is 17.3 Å². The van der Waals surface area contributed by atoms with Crippen LogP contribution in [0.5, 0.6) is 0 Å². The second-order valence-electron chi connectivity index (χ2n) is 5.77. The molecule has 1 unspecified atom stereocenters. The SMILES string of the molecule is N#Cc1ccccc1N(C(=O)C(Cl)CC(N)=O)C1CCCCC1. The van der Waals surface area contributed by atoms with Crippen LogP contribution < -0.4 is 10.6 Å². The van der Waals surface area contributed by atoms with Gasteiger partial charge in [-0.3, -0.25) is 9.59 Å². The van der Waals surface area contributed by atoms with Gasteiger partial charge in [0.25, 0.3) is 0 Å². The van der Waals surface area contributed by atoms with Crippen LogP contribution in [0.2, 0.25) is 0 Å². The van der Waals surface area contributed by atoms with Crippen LogP contribution in [-0.4, -0.2) is 23.2 Å². The molecule has 0 radical (unpaired) electrons. The number of benzene rings is 1. The highest BCUT2D eigenvalue weighted by Gasteiger charge is 2.32. The number of amides is 2. The minimum absolute atomic E-state index is 0.000114. The summed E-state index contributed by atoms with van der Waals surface area (Å²) >= 11 is 6.11. The zero-order chi connectivity index (χ0) is 16.8. The molecule has 122 valence electrons. The molecule has 2 N–H and O–H groups in total. The number of nitrogens with zero attached hydrogens (tertiary/aromatic N) is 2. The van der Waals surface area contributed by atoms with E-state index in [1.54, 1.807) is 29.2 Å². The number of hydrogen-bond acceptors (Lipinski definition) is 3. The molecule has 6 heteroatoms. The summed E-state index contributed by atoms with van der Waals surface area (Å²) in [7, 11) is 0. The van der Waals surface area contributed by atoms with Crippen molar-refractivity contribution in [2.75, 3.05) is 4.90 Å². The van der Waals surface area contributed by atoms with Gasteiger partial charge < -0.3 is 10.6 Å². The Bertz CT molecular complexity index is 621. The summed E-state index contributed by atoms with van der Waals surface area (Å²) in [6.45, 7) is 0. The molecule has 0 aliphatic heterocycles. The molecule has 0 bridgehead atoms. The van der Waals surface area contributed by atoms with Crippen molar-refractivity contribution in [2.45, 2.75) is 49.9 Å². The van der Waals surface area contributed by atoms with Crippen LogP contribution in [0.25, 0.3) is 0 Å². The average Bonchev–Trinajstić information content (AvgIpc) is 2.56. The third kappa shape index (κ3) is 4.23. The fourth-order valence-electron chi connectivity index (χ4n) is 3.03. The first-order valence-electron chi connectivity index (χ1n) is 7.79. The maximum absolute atomic E-state index is 12.8. The summed E-state index contributed by atoms with van der Waals surface area (Å²) < 4.78 is 0. The number of halogens is 1. The van der Waals surface area contributed by atoms with Crippen molar-refractivity contribution >= 4 is 29.1 Å². The summed E-state index contributed by atoms with van der Waals surface area (Å²) in [6, 6.07) is 9.09. The smallest absolute Gasteiger partial charge is 0.245 e. The molecule has 1 aliphatic carbocycles. The van der Waals surface area contributed by atoms with Crippen LogP contribution in [-0.2, 0) is 9.59 Å². The number of primary amides is 1. The van der Waals surface area contributed by atoms with Gasteiger partial charge >= 0.3 is 0 Å². The third-order valence-electron chi connectivity index (χ3n) is 4.11. The Hall–Kier alpha value is -2.06. The standard InChI is InChI=1S/C17H20ClN3O2/c18-14(10-16(20)22)17(23)21(13-7-2-1-3-8-13)15-9-5-4-6-12(15)11-19/h4-6,9,13-14H,1-3,7-8,10H2,(H2,20,22). The fraction of sp³-hybridized carbons (Fsp3) is 0.471. The zero-order valence-corrected chi connectivity index (χ0v) is 13.6. The molecule has 0 heterocycles. The van der Waals surface area contributed by atoms with Gasteiger partial charge in [0.15, 0.2) is 0 Å². The van der Waals surface area contributed by atoms with E-state index in [1.165, 1.54) is 0 Å². The molecule has 1 saturated carbocycles. The molecule has 1 fully saturated rings. The van der Waals surface area contributed by atoms with Crippen LogP contribution in [0.4, 0.5) is 5.69 Å². The quantitative estimate of drug-likeness (QED) is 0.840. The molecule has 5 nitrogen and oxygen atoms in total. The molecule has 0 spiro atoms. The van der Waals surface area contributed by atoms with Gasteiger partial charge in [0.1, 0.15) is 11.4 Å². The van der Waals surface area contributed by atoms with Gasteiger partial charge in [-0.1, -0.05) is 31.4 Å². The largest absolute Gasteiger partial charge is 0.370 e. The number of alkyl halides is 1. The average molecular weight is 334 g/mol. The Labute approximate surface area is 141 Å². The van der Waals surface area contributed by atoms with Crippen molar-refractivity contribution < 1.29 is 9.59 Å². The summed E-state index contributed by atoms with van der Waals surface area (Å²) in [5.74, 6) is -0.976. The predicted molar refractivity (Wildman–Crippen MR) is 89.0 cm³/mol. The van der Waals surface area contributed by atoms with E-state index in [1.807, 2.05) is 0 Å². The highest BCUT2D eigenvalue weighted by Crippen LogP contribution is 2.31. The second kappa shape index (κ2) is 7.98. The normalized spacial score (nSPS) is 16.3. The summed E-state index contributed by atoms with van der Waals surface area (Å²) in [5.41, 5.74) is 6.14. The molecule has 0 saturated heterocycles. The van der Waals surface area contributed by atoms with Crippen molar-refractivity contribution in [3.8, 4) is 6.07 Å². The molecule has 23 heavy (non-hydrogen) atoms. The van der Waals surface area contributed by atoms with E-state index < -0.39 is 11.3 Å². The van der Waals surface area contributed by atoms with Crippen LogP contribution in [0.15, 0.2) is 24.3 Å². The van der Waals surface area contributed by atoms with Gasteiger partial charge in [0.05, 0.1) is 17.7 Å². The van der Waals surface area contributed by atoms with E-state index in [2.05, 4.69) is 6.07 Å². The monoisotopic (exact) mass is 333 g/mol. The maximum Gasteiger partial charge on any atom is 0.245 e. The first-order chi connectivity index (χ1) is 11.0. The molecule has 2 rings (SSSR count). The van der Waals surface area contributed by atoms with Gasteiger partial charge in [0.2, 0.25) is 11.8 Å². The van der Waals surface area contributed by atoms with Gasteiger partial charge in [-0.2, -0.15) is 5.26 Å². The van der Waals surface area contributed by atoms with Gasteiger partial charge in [-0.25, -0.2) is 0 Å². The number of carbonyl (C=O) groups excluding carboxylic acids is 2. The zero-order valence-electron chi connectivity index (χ0n) is 12.9. The highest BCUT2D eigenvalue weighted by atomic mass is 35.5. The van der Waals surface area contributed by atoms with Crippen molar-refractivity contribution in [3.05, 3.63) is 29.8 Å². The Kier molecular flexibility index (Phi) is 6.00. The van der Waals surface area contributed by atoms with E-state index in [-0.39, 0.29) is 18.4 Å². The Morgan fingerprint density at radius 3 is 2.57 bits per heavy atom. The first-order valence-corrected chi connectivity index (χ1v) is 8.22. The first kappa shape index (κ1) is 17.3. The van der Waals surface area contributed by atoms with Crippen LogP contribution in [0.1, 0.15) is 44.1 Å². The lowest BCUT2D eigenvalue weighted by Crippen LogP contribution is -2.46. The number of rotatable bonds is 5. The summed E-state index contributed by atoms with van der Waals surface area (Å²) in [6.07, 6.45) is 4.73. The fourth-order valence-corrected chi connectivity index (χ4v) is 3.28. The number of hydrogen-bond donors (Lipinski definition) is 1. The summed E-state index contributed by atoms with van der Waals surface area (Å²) in [5, 5.41) is 8.32. The predicted octanol–water partition coefficient (Wildman–Crippen LogP) is 2.71. The van der Waals surface area contributed by atoms with Gasteiger partial charge in [-0.15, -0.1) is 11.6 Å². The molecule has 2 amide bonds. The Morgan fingerprint density at radius 2 is 1.96 bits per heavy atom. The minimum Gasteiger partial charge on any atom is -0.370 e. The number of nitriles is 1. The number of para-hydroxylation sites is 1. The topological polar surface area (TPSA) is 87.2 Å². The molecule has 1 atom stereocenters. The minimum atomic E-state index is -1.01. The van der Waals surface area contributed by atoms with Crippen LogP contribution in [0.3, 0.4) is 0 Å². The molecular formula is C17H20ClN3O2. The van der Waals surface area contributed by atoms with E-state index >= 15 is 0 Å². The lowest BCUT2D eigenvalue weighted by molar-refractivity contribution is -0.123. The van der Waals surface area contributed by atoms with Gasteiger partial charge in [0, 0.05) is 6.04 Å². The van der Waals surface area contributed by atoms with Crippen molar-refractivity contribution in [1.82, 2.24) is 0 Å². The number of nitrogens with two attached hydrogens (primary N) is 1. The molecule has 1 aromatic carbocycles. The molecule has 1 aliphatic rings. The molecule has 0 aromatic heterocycles. The van der Waals surface area contributed by atoms with Crippen molar-refractivity contribution in [1.29, 1.82) is 5.26 Å². The van der Waals surface area contributed by atoms with E-state index in [0.717, 1.165) is 32.1 Å². The van der Waals surface area contributed by atoms with Crippen LogP contribution in [0, 0.1) is 11.3 Å². The third-order valence-corrected chi connectivity index (χ3v) is 4.45. The maximum atomic E-state index is 12.8. The number of anilines is 1. The van der Waals surface area contributed by atoms with Crippen molar-refractivity contribution in [2.24, 2.45) is 5.73 Å². The van der Waals surface area contributed by atoms with Gasteiger partial charge in [-0.05, 0) is 25.0 Å². The Morgan fingerprint density at radius 1 is 1.30 bits per heavy atom. The van der Waals surface area contributed by atoms with Crippen LogP contribution >= 0.6 is 11.6 Å². The lowest BCUT2D eigenvalue weighted by Gasteiger charge is -2.36. The van der Waals surface area contributed by atoms with Crippen molar-refractivity contribution in [3.63, 3.8) is 0 Å². The van der Waals surface area contributed by atoms with E-state index in [0.29, 0.717) is 11.3 Å². The second-order valence-corrected chi connectivity index (χ2v) is 6.29. The number of carbonyl (C=O) groups is 2. The highest BCUT2D eigenvalue weighted by molar-refractivity contribution is 6.34. The lowest BCUT2D eigenvalue weighted by atomic mass is 9.93.